The summed E-state index contributed by atoms with van der Waals surface area (Å²) in [6, 6.07) is 0. The standard InChI is InChI=1S/C13H19N3O2/c1-2-4-12-11(3-1)13(16-9-15-12)14-7-10-8-17-5-6-18-10/h9-10H,1-8H2,(H,14,15,16). The molecular weight excluding hydrogens is 230 g/mol. The van der Waals surface area contributed by atoms with Gasteiger partial charge in [0.15, 0.2) is 0 Å². The second-order valence-corrected chi connectivity index (χ2v) is 4.80. The van der Waals surface area contributed by atoms with Gasteiger partial charge in [-0.2, -0.15) is 0 Å². The summed E-state index contributed by atoms with van der Waals surface area (Å²) in [6.07, 6.45) is 6.43. The number of rotatable bonds is 3. The van der Waals surface area contributed by atoms with Crippen molar-refractivity contribution in [2.45, 2.75) is 31.8 Å². The largest absolute Gasteiger partial charge is 0.376 e. The minimum Gasteiger partial charge on any atom is -0.376 e. The molecule has 0 amide bonds. The first-order valence-electron chi connectivity index (χ1n) is 6.69. The highest BCUT2D eigenvalue weighted by Gasteiger charge is 2.18. The normalized spacial score (nSPS) is 23.4. The van der Waals surface area contributed by atoms with Gasteiger partial charge in [0, 0.05) is 17.8 Å². The topological polar surface area (TPSA) is 56.3 Å². The number of aromatic nitrogens is 2. The molecule has 0 radical (unpaired) electrons. The van der Waals surface area contributed by atoms with E-state index in [0.717, 1.165) is 25.2 Å². The Labute approximate surface area is 107 Å². The van der Waals surface area contributed by atoms with Crippen molar-refractivity contribution in [2.24, 2.45) is 0 Å². The maximum absolute atomic E-state index is 5.61. The molecule has 2 heterocycles. The Morgan fingerprint density at radius 3 is 3.06 bits per heavy atom. The van der Waals surface area contributed by atoms with Crippen LogP contribution < -0.4 is 5.32 Å². The average molecular weight is 249 g/mol. The van der Waals surface area contributed by atoms with E-state index in [-0.39, 0.29) is 6.10 Å². The highest BCUT2D eigenvalue weighted by atomic mass is 16.6. The van der Waals surface area contributed by atoms with Gasteiger partial charge in [-0.25, -0.2) is 9.97 Å². The van der Waals surface area contributed by atoms with Crippen LogP contribution in [0, 0.1) is 0 Å². The lowest BCUT2D eigenvalue weighted by Crippen LogP contribution is -2.34. The predicted octanol–water partition coefficient (Wildman–Crippen LogP) is 1.18. The van der Waals surface area contributed by atoms with Crippen LogP contribution in [0.3, 0.4) is 0 Å². The lowest BCUT2D eigenvalue weighted by molar-refractivity contribution is -0.0819. The van der Waals surface area contributed by atoms with E-state index >= 15 is 0 Å². The summed E-state index contributed by atoms with van der Waals surface area (Å²) in [7, 11) is 0. The van der Waals surface area contributed by atoms with Crippen LogP contribution in [0.1, 0.15) is 24.1 Å². The molecule has 1 N–H and O–H groups in total. The summed E-state index contributed by atoms with van der Waals surface area (Å²) in [6.45, 7) is 2.82. The Bertz CT molecular complexity index is 405. The van der Waals surface area contributed by atoms with Crippen LogP contribution in [0.4, 0.5) is 5.82 Å². The monoisotopic (exact) mass is 249 g/mol. The van der Waals surface area contributed by atoms with E-state index < -0.39 is 0 Å². The van der Waals surface area contributed by atoms with Crippen molar-refractivity contribution in [3.8, 4) is 0 Å². The van der Waals surface area contributed by atoms with Crippen LogP contribution in [0.25, 0.3) is 0 Å². The van der Waals surface area contributed by atoms with E-state index in [2.05, 4.69) is 15.3 Å². The molecule has 5 heteroatoms. The zero-order valence-electron chi connectivity index (χ0n) is 10.5. The van der Waals surface area contributed by atoms with Gasteiger partial charge in [-0.1, -0.05) is 0 Å². The zero-order valence-corrected chi connectivity index (χ0v) is 10.5. The highest BCUT2D eigenvalue weighted by molar-refractivity contribution is 5.47. The van der Waals surface area contributed by atoms with Gasteiger partial charge >= 0.3 is 0 Å². The summed E-state index contributed by atoms with van der Waals surface area (Å²) in [5.74, 6) is 0.980. The summed E-state index contributed by atoms with van der Waals surface area (Å²) in [5.41, 5.74) is 2.50. The molecule has 1 fully saturated rings. The Balaban J connectivity index is 1.65. The molecule has 2 aliphatic rings. The summed E-state index contributed by atoms with van der Waals surface area (Å²) < 4.78 is 11.0. The fraction of sp³-hybridized carbons (Fsp3) is 0.692. The van der Waals surface area contributed by atoms with Crippen molar-refractivity contribution < 1.29 is 9.47 Å². The molecule has 98 valence electrons. The molecule has 1 aromatic rings. The first-order chi connectivity index (χ1) is 8.93. The maximum atomic E-state index is 5.61. The predicted molar refractivity (Wildman–Crippen MR) is 67.7 cm³/mol. The lowest BCUT2D eigenvalue weighted by Gasteiger charge is -2.24. The highest BCUT2D eigenvalue weighted by Crippen LogP contribution is 2.24. The minimum absolute atomic E-state index is 0.132. The number of nitrogens with zero attached hydrogens (tertiary/aromatic N) is 2. The third-order valence-corrected chi connectivity index (χ3v) is 3.51. The van der Waals surface area contributed by atoms with Gasteiger partial charge in [0.1, 0.15) is 12.1 Å². The van der Waals surface area contributed by atoms with Crippen molar-refractivity contribution in [2.75, 3.05) is 31.7 Å². The Morgan fingerprint density at radius 2 is 2.17 bits per heavy atom. The smallest absolute Gasteiger partial charge is 0.132 e. The summed E-state index contributed by atoms with van der Waals surface area (Å²) in [4.78, 5) is 8.73. The van der Waals surface area contributed by atoms with Gasteiger partial charge in [0.05, 0.1) is 25.9 Å². The molecular formula is C13H19N3O2. The Hall–Kier alpha value is -1.20. The van der Waals surface area contributed by atoms with Crippen LogP contribution in [-0.4, -0.2) is 42.4 Å². The van der Waals surface area contributed by atoms with Gasteiger partial charge < -0.3 is 14.8 Å². The molecule has 18 heavy (non-hydrogen) atoms. The molecule has 1 aromatic heterocycles. The van der Waals surface area contributed by atoms with Crippen molar-refractivity contribution in [1.29, 1.82) is 0 Å². The molecule has 1 unspecified atom stereocenters. The van der Waals surface area contributed by atoms with E-state index in [0.29, 0.717) is 19.8 Å². The van der Waals surface area contributed by atoms with Gasteiger partial charge in [-0.3, -0.25) is 0 Å². The zero-order chi connectivity index (χ0) is 12.2. The van der Waals surface area contributed by atoms with Crippen LogP contribution in [-0.2, 0) is 22.3 Å². The maximum Gasteiger partial charge on any atom is 0.132 e. The number of hydrogen-bond acceptors (Lipinski definition) is 5. The van der Waals surface area contributed by atoms with Crippen molar-refractivity contribution >= 4 is 5.82 Å². The number of anilines is 1. The average Bonchev–Trinajstić information content (AvgIpc) is 2.46. The van der Waals surface area contributed by atoms with Crippen molar-refractivity contribution in [3.05, 3.63) is 17.6 Å². The molecule has 0 bridgehead atoms. The van der Waals surface area contributed by atoms with Gasteiger partial charge in [-0.05, 0) is 25.7 Å². The van der Waals surface area contributed by atoms with Crippen LogP contribution in [0.2, 0.25) is 0 Å². The number of ether oxygens (including phenoxy) is 2. The molecule has 1 atom stereocenters. The van der Waals surface area contributed by atoms with E-state index in [9.17, 15) is 0 Å². The fourth-order valence-corrected chi connectivity index (χ4v) is 2.54. The molecule has 1 saturated heterocycles. The van der Waals surface area contributed by atoms with E-state index in [4.69, 9.17) is 9.47 Å². The summed E-state index contributed by atoms with van der Waals surface area (Å²) in [5, 5.41) is 3.39. The van der Waals surface area contributed by atoms with Crippen LogP contribution in [0.15, 0.2) is 6.33 Å². The third kappa shape index (κ3) is 2.62. The molecule has 1 aliphatic carbocycles. The Kier molecular flexibility index (Phi) is 3.71. The van der Waals surface area contributed by atoms with E-state index in [1.54, 1.807) is 6.33 Å². The second-order valence-electron chi connectivity index (χ2n) is 4.80. The first-order valence-corrected chi connectivity index (χ1v) is 6.69. The molecule has 0 aromatic carbocycles. The first kappa shape index (κ1) is 11.9. The fourth-order valence-electron chi connectivity index (χ4n) is 2.54. The van der Waals surface area contributed by atoms with Gasteiger partial charge in [0.2, 0.25) is 0 Å². The summed E-state index contributed by atoms with van der Waals surface area (Å²) >= 11 is 0. The lowest BCUT2D eigenvalue weighted by atomic mass is 9.96. The minimum atomic E-state index is 0.132. The number of hydrogen-bond donors (Lipinski definition) is 1. The van der Waals surface area contributed by atoms with Crippen LogP contribution >= 0.6 is 0 Å². The van der Waals surface area contributed by atoms with E-state index in [1.807, 2.05) is 0 Å². The molecule has 0 saturated carbocycles. The van der Waals surface area contributed by atoms with Crippen LogP contribution in [0.5, 0.6) is 0 Å². The Morgan fingerprint density at radius 1 is 1.22 bits per heavy atom. The molecule has 5 nitrogen and oxygen atoms in total. The molecule has 0 spiro atoms. The number of aryl methyl sites for hydroxylation is 1. The molecule has 1 aliphatic heterocycles. The molecule has 3 rings (SSSR count). The van der Waals surface area contributed by atoms with E-state index in [1.165, 1.54) is 24.1 Å². The van der Waals surface area contributed by atoms with Gasteiger partial charge in [0.25, 0.3) is 0 Å². The van der Waals surface area contributed by atoms with Gasteiger partial charge in [-0.15, -0.1) is 0 Å². The quantitative estimate of drug-likeness (QED) is 0.872. The van der Waals surface area contributed by atoms with Crippen molar-refractivity contribution in [3.63, 3.8) is 0 Å². The SMILES string of the molecule is c1nc2c(c(NCC3COCCO3)n1)CCCC2. The number of nitrogens with one attached hydrogen (secondary N) is 1. The third-order valence-electron chi connectivity index (χ3n) is 3.51. The second kappa shape index (κ2) is 5.63. The number of fused-ring (bicyclic) bond motifs is 1. The van der Waals surface area contributed by atoms with Crippen molar-refractivity contribution in [1.82, 2.24) is 9.97 Å².